The molecule has 0 radical (unpaired) electrons. The van der Waals surface area contributed by atoms with E-state index in [1.807, 2.05) is 0 Å². The SMILES string of the molecule is CC(=O)N1CCN(C(=O)c2cc(C)[nH]c(=O)c2)CC1. The second-order valence-corrected chi connectivity index (χ2v) is 4.71. The first-order valence-electron chi connectivity index (χ1n) is 6.23. The number of piperazine rings is 1. The average Bonchev–Trinajstić information content (AvgIpc) is 2.37. The minimum atomic E-state index is -0.272. The Balaban J connectivity index is 2.09. The summed E-state index contributed by atoms with van der Waals surface area (Å²) in [5.41, 5.74) is 0.793. The number of amides is 2. The molecule has 1 aromatic rings. The summed E-state index contributed by atoms with van der Waals surface area (Å²) in [5, 5.41) is 0. The minimum Gasteiger partial charge on any atom is -0.339 e. The Morgan fingerprint density at radius 3 is 2.21 bits per heavy atom. The molecule has 1 aliphatic rings. The van der Waals surface area contributed by atoms with Gasteiger partial charge in [0.05, 0.1) is 0 Å². The van der Waals surface area contributed by atoms with E-state index in [1.54, 1.807) is 22.8 Å². The fraction of sp³-hybridized carbons (Fsp3) is 0.462. The molecular formula is C13H17N3O3. The normalized spacial score (nSPS) is 15.5. The number of nitrogens with zero attached hydrogens (tertiary/aromatic N) is 2. The van der Waals surface area contributed by atoms with Gasteiger partial charge in [0.2, 0.25) is 11.5 Å². The lowest BCUT2D eigenvalue weighted by Crippen LogP contribution is -2.50. The predicted octanol–water partition coefficient (Wildman–Crippen LogP) is -0.0124. The molecule has 1 saturated heterocycles. The van der Waals surface area contributed by atoms with E-state index in [-0.39, 0.29) is 17.4 Å². The van der Waals surface area contributed by atoms with E-state index in [1.165, 1.54) is 13.0 Å². The topological polar surface area (TPSA) is 73.5 Å². The summed E-state index contributed by atoms with van der Waals surface area (Å²) in [7, 11) is 0. The summed E-state index contributed by atoms with van der Waals surface area (Å²) in [5.74, 6) is -0.128. The van der Waals surface area contributed by atoms with E-state index >= 15 is 0 Å². The molecule has 1 aliphatic heterocycles. The molecule has 6 heteroatoms. The maximum absolute atomic E-state index is 12.3. The monoisotopic (exact) mass is 263 g/mol. The zero-order chi connectivity index (χ0) is 14.0. The van der Waals surface area contributed by atoms with Gasteiger partial charge in [-0.25, -0.2) is 0 Å². The molecule has 0 aliphatic carbocycles. The average molecular weight is 263 g/mol. The van der Waals surface area contributed by atoms with Crippen LogP contribution >= 0.6 is 0 Å². The van der Waals surface area contributed by atoms with Crippen molar-refractivity contribution in [2.75, 3.05) is 26.2 Å². The number of hydrogen-bond donors (Lipinski definition) is 1. The fourth-order valence-electron chi connectivity index (χ4n) is 2.21. The molecule has 0 bridgehead atoms. The summed E-state index contributed by atoms with van der Waals surface area (Å²) in [6.07, 6.45) is 0. The molecule has 2 rings (SSSR count). The van der Waals surface area contributed by atoms with Gasteiger partial charge >= 0.3 is 0 Å². The van der Waals surface area contributed by atoms with Gasteiger partial charge in [0.15, 0.2) is 0 Å². The molecule has 6 nitrogen and oxygen atoms in total. The largest absolute Gasteiger partial charge is 0.339 e. The zero-order valence-corrected chi connectivity index (χ0v) is 11.1. The van der Waals surface area contributed by atoms with Crippen LogP contribution in [0.1, 0.15) is 23.0 Å². The van der Waals surface area contributed by atoms with E-state index in [0.717, 1.165) is 0 Å². The Hall–Kier alpha value is -2.11. The van der Waals surface area contributed by atoms with Gasteiger partial charge in [-0.2, -0.15) is 0 Å². The Morgan fingerprint density at radius 2 is 1.68 bits per heavy atom. The van der Waals surface area contributed by atoms with E-state index in [0.29, 0.717) is 37.4 Å². The smallest absolute Gasteiger partial charge is 0.254 e. The van der Waals surface area contributed by atoms with Crippen molar-refractivity contribution in [1.29, 1.82) is 0 Å². The molecule has 2 heterocycles. The van der Waals surface area contributed by atoms with Gasteiger partial charge in [-0.15, -0.1) is 0 Å². The summed E-state index contributed by atoms with van der Waals surface area (Å²) >= 11 is 0. The molecule has 1 fully saturated rings. The van der Waals surface area contributed by atoms with Gasteiger partial charge in [0.1, 0.15) is 0 Å². The summed E-state index contributed by atoms with van der Waals surface area (Å²) < 4.78 is 0. The molecule has 1 N–H and O–H groups in total. The third kappa shape index (κ3) is 3.01. The number of pyridine rings is 1. The number of carbonyl (C=O) groups is 2. The van der Waals surface area contributed by atoms with Crippen LogP contribution in [0.2, 0.25) is 0 Å². The van der Waals surface area contributed by atoms with Crippen LogP contribution in [0.4, 0.5) is 0 Å². The maximum atomic E-state index is 12.3. The molecular weight excluding hydrogens is 246 g/mol. The highest BCUT2D eigenvalue weighted by atomic mass is 16.2. The van der Waals surface area contributed by atoms with Crippen molar-refractivity contribution in [1.82, 2.24) is 14.8 Å². The number of aromatic nitrogens is 1. The van der Waals surface area contributed by atoms with Crippen LogP contribution in [-0.2, 0) is 4.79 Å². The first-order valence-corrected chi connectivity index (χ1v) is 6.23. The predicted molar refractivity (Wildman–Crippen MR) is 70.0 cm³/mol. The Morgan fingerprint density at radius 1 is 1.11 bits per heavy atom. The van der Waals surface area contributed by atoms with Crippen molar-refractivity contribution >= 4 is 11.8 Å². The Bertz CT molecular complexity index is 556. The first kappa shape index (κ1) is 13.3. The van der Waals surface area contributed by atoms with Crippen molar-refractivity contribution in [3.63, 3.8) is 0 Å². The molecule has 1 aromatic heterocycles. The van der Waals surface area contributed by atoms with Gasteiger partial charge in [-0.05, 0) is 13.0 Å². The molecule has 0 aromatic carbocycles. The third-order valence-electron chi connectivity index (χ3n) is 3.24. The lowest BCUT2D eigenvalue weighted by Gasteiger charge is -2.34. The van der Waals surface area contributed by atoms with Crippen LogP contribution in [0.3, 0.4) is 0 Å². The van der Waals surface area contributed by atoms with Gasteiger partial charge in [0.25, 0.3) is 5.91 Å². The molecule has 102 valence electrons. The Kier molecular flexibility index (Phi) is 3.69. The van der Waals surface area contributed by atoms with Crippen molar-refractivity contribution in [3.8, 4) is 0 Å². The lowest BCUT2D eigenvalue weighted by atomic mass is 10.2. The number of rotatable bonds is 1. The molecule has 0 saturated carbocycles. The number of nitrogens with one attached hydrogen (secondary N) is 1. The van der Waals surface area contributed by atoms with Crippen LogP contribution in [0.5, 0.6) is 0 Å². The van der Waals surface area contributed by atoms with Crippen molar-refractivity contribution in [2.24, 2.45) is 0 Å². The van der Waals surface area contributed by atoms with Gasteiger partial charge in [-0.1, -0.05) is 0 Å². The number of aromatic amines is 1. The van der Waals surface area contributed by atoms with E-state index < -0.39 is 0 Å². The van der Waals surface area contributed by atoms with Gasteiger partial charge in [0, 0.05) is 50.4 Å². The Labute approximate surface area is 111 Å². The van der Waals surface area contributed by atoms with Crippen LogP contribution < -0.4 is 5.56 Å². The minimum absolute atomic E-state index is 0.0269. The second kappa shape index (κ2) is 5.26. The van der Waals surface area contributed by atoms with Crippen molar-refractivity contribution < 1.29 is 9.59 Å². The molecule has 0 atom stereocenters. The third-order valence-corrected chi connectivity index (χ3v) is 3.24. The van der Waals surface area contributed by atoms with Crippen molar-refractivity contribution in [2.45, 2.75) is 13.8 Å². The van der Waals surface area contributed by atoms with Crippen LogP contribution in [0, 0.1) is 6.92 Å². The summed E-state index contributed by atoms with van der Waals surface area (Å²) in [4.78, 5) is 40.8. The van der Waals surface area contributed by atoms with Crippen LogP contribution in [-0.4, -0.2) is 52.8 Å². The number of H-pyrrole nitrogens is 1. The molecule has 0 spiro atoms. The second-order valence-electron chi connectivity index (χ2n) is 4.71. The maximum Gasteiger partial charge on any atom is 0.254 e. The molecule has 19 heavy (non-hydrogen) atoms. The quantitative estimate of drug-likeness (QED) is 0.774. The summed E-state index contributed by atoms with van der Waals surface area (Å²) in [6.45, 7) is 5.37. The fourth-order valence-corrected chi connectivity index (χ4v) is 2.21. The number of carbonyl (C=O) groups excluding carboxylic acids is 2. The lowest BCUT2D eigenvalue weighted by molar-refractivity contribution is -0.130. The highest BCUT2D eigenvalue weighted by Crippen LogP contribution is 2.08. The van der Waals surface area contributed by atoms with Crippen LogP contribution in [0.15, 0.2) is 16.9 Å². The first-order chi connectivity index (χ1) is 8.97. The standard InChI is InChI=1S/C13H17N3O3/c1-9-7-11(8-12(18)14-9)13(19)16-5-3-15(4-6-16)10(2)17/h7-8H,3-6H2,1-2H3,(H,14,18). The van der Waals surface area contributed by atoms with Gasteiger partial charge < -0.3 is 14.8 Å². The van der Waals surface area contributed by atoms with E-state index in [9.17, 15) is 14.4 Å². The van der Waals surface area contributed by atoms with Gasteiger partial charge in [-0.3, -0.25) is 14.4 Å². The number of hydrogen-bond acceptors (Lipinski definition) is 3. The van der Waals surface area contributed by atoms with E-state index in [4.69, 9.17) is 0 Å². The number of aryl methyl sites for hydroxylation is 1. The zero-order valence-electron chi connectivity index (χ0n) is 11.1. The highest BCUT2D eigenvalue weighted by Gasteiger charge is 2.23. The summed E-state index contributed by atoms with van der Waals surface area (Å²) in [6, 6.07) is 2.98. The van der Waals surface area contributed by atoms with E-state index in [2.05, 4.69) is 4.98 Å². The molecule has 2 amide bonds. The highest BCUT2D eigenvalue weighted by molar-refractivity contribution is 5.94. The van der Waals surface area contributed by atoms with Crippen LogP contribution in [0.25, 0.3) is 0 Å². The van der Waals surface area contributed by atoms with Crippen molar-refractivity contribution in [3.05, 3.63) is 33.7 Å². The molecule has 0 unspecified atom stereocenters.